The fraction of sp³-hybridized carbons (Fsp3) is 0. The number of fused-ring (bicyclic) bond motifs is 1. The number of nitrogens with zero attached hydrogens (tertiary/aromatic N) is 2. The lowest BCUT2D eigenvalue weighted by atomic mass is 10.2. The Bertz CT molecular complexity index is 936. The van der Waals surface area contributed by atoms with Crippen molar-refractivity contribution < 1.29 is 4.79 Å². The molecule has 0 aliphatic carbocycles. The molecule has 0 unspecified atom stereocenters. The van der Waals surface area contributed by atoms with Crippen LogP contribution in [0.4, 0.5) is 5.69 Å². The number of aromatic amines is 1. The van der Waals surface area contributed by atoms with Gasteiger partial charge < -0.3 is 9.88 Å². The molecule has 0 aliphatic heterocycles. The minimum absolute atomic E-state index is 0.110. The van der Waals surface area contributed by atoms with Crippen LogP contribution in [0.1, 0.15) is 9.67 Å². The molecular weight excluding hydrogens is 296 g/mol. The third-order valence-corrected chi connectivity index (χ3v) is 4.33. The molecule has 3 heterocycles. The zero-order chi connectivity index (χ0) is 14.9. The van der Waals surface area contributed by atoms with Gasteiger partial charge in [0.1, 0.15) is 4.88 Å². The van der Waals surface area contributed by atoms with E-state index in [2.05, 4.69) is 15.5 Å². The highest BCUT2D eigenvalue weighted by atomic mass is 32.1. The van der Waals surface area contributed by atoms with E-state index in [0.717, 1.165) is 22.3 Å². The fourth-order valence-electron chi connectivity index (χ4n) is 2.38. The second-order valence-corrected chi connectivity index (χ2v) is 5.77. The van der Waals surface area contributed by atoms with Gasteiger partial charge in [-0.2, -0.15) is 5.10 Å². The number of rotatable bonds is 3. The van der Waals surface area contributed by atoms with Crippen molar-refractivity contribution in [3.05, 3.63) is 65.2 Å². The van der Waals surface area contributed by atoms with E-state index < -0.39 is 0 Å². The molecule has 5 nitrogen and oxygen atoms in total. The van der Waals surface area contributed by atoms with Crippen molar-refractivity contribution in [1.82, 2.24) is 14.8 Å². The molecule has 0 radical (unpaired) electrons. The molecule has 0 fully saturated rings. The Morgan fingerprint density at radius 1 is 1.23 bits per heavy atom. The Morgan fingerprint density at radius 2 is 2.09 bits per heavy atom. The van der Waals surface area contributed by atoms with Crippen molar-refractivity contribution in [2.75, 3.05) is 5.32 Å². The van der Waals surface area contributed by atoms with Gasteiger partial charge in [0, 0.05) is 23.5 Å². The number of carbonyl (C=O) groups is 1. The molecule has 1 aromatic carbocycles. The first-order valence-corrected chi connectivity index (χ1v) is 7.64. The summed E-state index contributed by atoms with van der Waals surface area (Å²) in [6.07, 6.45) is 5.59. The van der Waals surface area contributed by atoms with Gasteiger partial charge >= 0.3 is 0 Å². The van der Waals surface area contributed by atoms with E-state index in [1.807, 2.05) is 58.7 Å². The molecular formula is C16H12N4OS. The standard InChI is InChI=1S/C16H12N4OS/c21-16(15-14(5-8-22-15)20-6-1-2-7-20)18-12-3-4-13-11(9-12)10-17-19-13/h1-10H,(H,17,19)(H,18,21). The van der Waals surface area contributed by atoms with Gasteiger partial charge in [0.05, 0.1) is 17.4 Å². The highest BCUT2D eigenvalue weighted by Gasteiger charge is 2.14. The lowest BCUT2D eigenvalue weighted by Gasteiger charge is -2.07. The molecule has 0 spiro atoms. The summed E-state index contributed by atoms with van der Waals surface area (Å²) in [5, 5.41) is 12.7. The molecule has 0 saturated carbocycles. The van der Waals surface area contributed by atoms with Crippen molar-refractivity contribution in [1.29, 1.82) is 0 Å². The van der Waals surface area contributed by atoms with E-state index in [1.165, 1.54) is 11.3 Å². The summed E-state index contributed by atoms with van der Waals surface area (Å²) in [5.41, 5.74) is 2.59. The number of nitrogens with one attached hydrogen (secondary N) is 2. The number of thiophene rings is 1. The van der Waals surface area contributed by atoms with Crippen molar-refractivity contribution in [3.63, 3.8) is 0 Å². The Kier molecular flexibility index (Phi) is 3.01. The maximum Gasteiger partial charge on any atom is 0.267 e. The number of hydrogen-bond acceptors (Lipinski definition) is 3. The van der Waals surface area contributed by atoms with Gasteiger partial charge in [0.15, 0.2) is 0 Å². The number of benzene rings is 1. The summed E-state index contributed by atoms with van der Waals surface area (Å²) in [4.78, 5) is 13.2. The summed E-state index contributed by atoms with van der Waals surface area (Å²) in [7, 11) is 0. The first-order valence-electron chi connectivity index (χ1n) is 6.76. The van der Waals surface area contributed by atoms with Crippen LogP contribution >= 0.6 is 11.3 Å². The minimum atomic E-state index is -0.110. The van der Waals surface area contributed by atoms with E-state index >= 15 is 0 Å². The second-order valence-electron chi connectivity index (χ2n) is 4.85. The van der Waals surface area contributed by atoms with Crippen LogP contribution < -0.4 is 5.32 Å². The molecule has 4 rings (SSSR count). The van der Waals surface area contributed by atoms with Crippen LogP contribution in [-0.4, -0.2) is 20.7 Å². The van der Waals surface area contributed by atoms with Crippen molar-refractivity contribution in [2.24, 2.45) is 0 Å². The molecule has 4 aromatic rings. The van der Waals surface area contributed by atoms with E-state index in [4.69, 9.17) is 0 Å². The number of aromatic nitrogens is 3. The normalized spacial score (nSPS) is 10.9. The Morgan fingerprint density at radius 3 is 2.95 bits per heavy atom. The third-order valence-electron chi connectivity index (χ3n) is 3.43. The van der Waals surface area contributed by atoms with Crippen LogP contribution in [0, 0.1) is 0 Å². The van der Waals surface area contributed by atoms with Gasteiger partial charge in [-0.1, -0.05) is 0 Å². The van der Waals surface area contributed by atoms with Crippen molar-refractivity contribution in [2.45, 2.75) is 0 Å². The van der Waals surface area contributed by atoms with Gasteiger partial charge in [-0.15, -0.1) is 11.3 Å². The predicted octanol–water partition coefficient (Wildman–Crippen LogP) is 3.67. The van der Waals surface area contributed by atoms with Gasteiger partial charge in [-0.3, -0.25) is 9.89 Å². The Balaban J connectivity index is 1.64. The zero-order valence-corrected chi connectivity index (χ0v) is 12.3. The smallest absolute Gasteiger partial charge is 0.267 e. The molecule has 0 atom stereocenters. The first kappa shape index (κ1) is 12.8. The van der Waals surface area contributed by atoms with E-state index in [9.17, 15) is 4.79 Å². The van der Waals surface area contributed by atoms with Gasteiger partial charge in [0.2, 0.25) is 0 Å². The average Bonchev–Trinajstić information content (AvgIpc) is 3.26. The zero-order valence-electron chi connectivity index (χ0n) is 11.5. The van der Waals surface area contributed by atoms with E-state index in [-0.39, 0.29) is 5.91 Å². The number of carbonyl (C=O) groups excluding carboxylic acids is 1. The molecule has 108 valence electrons. The molecule has 6 heteroatoms. The molecule has 0 bridgehead atoms. The molecule has 0 saturated heterocycles. The van der Waals surface area contributed by atoms with Crippen molar-refractivity contribution >= 4 is 33.8 Å². The highest BCUT2D eigenvalue weighted by molar-refractivity contribution is 7.12. The number of hydrogen-bond donors (Lipinski definition) is 2. The topological polar surface area (TPSA) is 62.7 Å². The quantitative estimate of drug-likeness (QED) is 0.606. The highest BCUT2D eigenvalue weighted by Crippen LogP contribution is 2.23. The number of H-pyrrole nitrogens is 1. The largest absolute Gasteiger partial charge is 0.322 e. The summed E-state index contributed by atoms with van der Waals surface area (Å²) < 4.78 is 1.94. The van der Waals surface area contributed by atoms with Gasteiger partial charge in [-0.05, 0) is 41.8 Å². The summed E-state index contributed by atoms with van der Waals surface area (Å²) in [6.45, 7) is 0. The summed E-state index contributed by atoms with van der Waals surface area (Å²) >= 11 is 1.43. The Hall–Kier alpha value is -2.86. The van der Waals surface area contributed by atoms with Crippen LogP contribution in [0.3, 0.4) is 0 Å². The molecule has 3 aromatic heterocycles. The summed E-state index contributed by atoms with van der Waals surface area (Å²) in [5.74, 6) is -0.110. The lowest BCUT2D eigenvalue weighted by molar-refractivity contribution is 0.103. The lowest BCUT2D eigenvalue weighted by Crippen LogP contribution is -2.12. The number of anilines is 1. The SMILES string of the molecule is O=C(Nc1ccc2[nH]ncc2c1)c1sccc1-n1cccc1. The van der Waals surface area contributed by atoms with Gasteiger partial charge in [0.25, 0.3) is 5.91 Å². The van der Waals surface area contributed by atoms with Crippen LogP contribution in [0.5, 0.6) is 0 Å². The van der Waals surface area contributed by atoms with Gasteiger partial charge in [-0.25, -0.2) is 0 Å². The Labute approximate surface area is 130 Å². The molecule has 0 aliphatic rings. The first-order chi connectivity index (χ1) is 10.8. The maximum atomic E-state index is 12.5. The predicted molar refractivity (Wildman–Crippen MR) is 87.7 cm³/mol. The fourth-order valence-corrected chi connectivity index (χ4v) is 3.16. The van der Waals surface area contributed by atoms with Crippen molar-refractivity contribution in [3.8, 4) is 5.69 Å². The van der Waals surface area contributed by atoms with E-state index in [0.29, 0.717) is 4.88 Å². The van der Waals surface area contributed by atoms with Crippen LogP contribution in [-0.2, 0) is 0 Å². The molecule has 22 heavy (non-hydrogen) atoms. The van der Waals surface area contributed by atoms with Crippen LogP contribution in [0.2, 0.25) is 0 Å². The molecule has 2 N–H and O–H groups in total. The second kappa shape index (κ2) is 5.16. The summed E-state index contributed by atoms with van der Waals surface area (Å²) in [6, 6.07) is 11.5. The van der Waals surface area contributed by atoms with E-state index in [1.54, 1.807) is 6.20 Å². The monoisotopic (exact) mass is 308 g/mol. The number of amides is 1. The van der Waals surface area contributed by atoms with Crippen LogP contribution in [0.25, 0.3) is 16.6 Å². The average molecular weight is 308 g/mol. The maximum absolute atomic E-state index is 12.5. The van der Waals surface area contributed by atoms with Crippen LogP contribution in [0.15, 0.2) is 60.4 Å². The minimum Gasteiger partial charge on any atom is -0.322 e. The third kappa shape index (κ3) is 2.19. The molecule has 1 amide bonds.